The summed E-state index contributed by atoms with van der Waals surface area (Å²) in [5.74, 6) is 1.09. The molecule has 3 rings (SSSR count). The molecule has 3 aromatic rings. The number of nitrogens with one attached hydrogen (secondary N) is 1. The Balaban J connectivity index is 1.89. The Kier molecular flexibility index (Phi) is 3.76. The second kappa shape index (κ2) is 5.69. The molecule has 1 aromatic heterocycles. The maximum atomic E-state index is 7.56. The van der Waals surface area contributed by atoms with Crippen LogP contribution in [-0.4, -0.2) is 5.84 Å². The second-order valence-electron chi connectivity index (χ2n) is 4.47. The van der Waals surface area contributed by atoms with Gasteiger partial charge in [-0.15, -0.1) is 23.1 Å². The summed E-state index contributed by atoms with van der Waals surface area (Å²) in [5, 5.41) is 8.75. The molecule has 0 fully saturated rings. The third-order valence-corrected chi connectivity index (χ3v) is 5.30. The van der Waals surface area contributed by atoms with Crippen molar-refractivity contribution in [3.05, 3.63) is 65.0 Å². The number of nitrogens with two attached hydrogens (primary N) is 1. The molecule has 0 radical (unpaired) electrons. The minimum atomic E-state index is 0.144. The van der Waals surface area contributed by atoms with Gasteiger partial charge in [0, 0.05) is 20.7 Å². The lowest BCUT2D eigenvalue weighted by Gasteiger charge is -2.03. The van der Waals surface area contributed by atoms with Crippen molar-refractivity contribution >= 4 is 39.0 Å². The van der Waals surface area contributed by atoms with Gasteiger partial charge < -0.3 is 5.73 Å². The van der Waals surface area contributed by atoms with E-state index in [0.29, 0.717) is 0 Å². The molecule has 4 heteroatoms. The Labute approximate surface area is 126 Å². The lowest BCUT2D eigenvalue weighted by atomic mass is 10.2. The molecule has 0 spiro atoms. The summed E-state index contributed by atoms with van der Waals surface area (Å²) in [7, 11) is 0. The normalized spacial score (nSPS) is 10.8. The van der Waals surface area contributed by atoms with Crippen LogP contribution in [0.25, 0.3) is 10.1 Å². The minimum Gasteiger partial charge on any atom is -0.383 e. The Morgan fingerprint density at radius 2 is 1.90 bits per heavy atom. The van der Waals surface area contributed by atoms with Gasteiger partial charge in [0.1, 0.15) is 5.84 Å². The van der Waals surface area contributed by atoms with E-state index < -0.39 is 0 Å². The Bertz CT molecular complexity index is 748. The number of rotatable bonds is 4. The predicted octanol–water partition coefficient (Wildman–Crippen LogP) is 4.48. The van der Waals surface area contributed by atoms with Crippen LogP contribution in [0.4, 0.5) is 0 Å². The first-order valence-electron chi connectivity index (χ1n) is 6.28. The highest BCUT2D eigenvalue weighted by atomic mass is 32.2. The summed E-state index contributed by atoms with van der Waals surface area (Å²) in [4.78, 5) is 2.09. The zero-order valence-corrected chi connectivity index (χ0v) is 12.4. The van der Waals surface area contributed by atoms with Gasteiger partial charge in [0.15, 0.2) is 0 Å². The van der Waals surface area contributed by atoms with Crippen LogP contribution in [0.3, 0.4) is 0 Å². The molecule has 0 bridgehead atoms. The summed E-state index contributed by atoms with van der Waals surface area (Å²) in [5.41, 5.74) is 6.90. The van der Waals surface area contributed by atoms with Crippen LogP contribution in [0.5, 0.6) is 0 Å². The largest absolute Gasteiger partial charge is 0.383 e. The molecule has 20 heavy (non-hydrogen) atoms. The zero-order valence-electron chi connectivity index (χ0n) is 10.8. The van der Waals surface area contributed by atoms with E-state index in [4.69, 9.17) is 11.1 Å². The topological polar surface area (TPSA) is 49.9 Å². The molecule has 2 nitrogen and oxygen atoms in total. The van der Waals surface area contributed by atoms with E-state index in [1.165, 1.54) is 20.5 Å². The average molecular weight is 298 g/mol. The van der Waals surface area contributed by atoms with Crippen LogP contribution >= 0.6 is 23.1 Å². The van der Waals surface area contributed by atoms with E-state index in [-0.39, 0.29) is 5.84 Å². The van der Waals surface area contributed by atoms with Gasteiger partial charge in [0.05, 0.1) is 4.88 Å². The number of fused-ring (bicyclic) bond motifs is 1. The van der Waals surface area contributed by atoms with Crippen molar-refractivity contribution < 1.29 is 0 Å². The summed E-state index contributed by atoms with van der Waals surface area (Å²) < 4.78 is 1.19. The molecule has 1 heterocycles. The summed E-state index contributed by atoms with van der Waals surface area (Å²) in [6.45, 7) is 0. The third-order valence-electron chi connectivity index (χ3n) is 3.02. The molecule has 0 saturated heterocycles. The molecule has 0 amide bonds. The highest BCUT2D eigenvalue weighted by Crippen LogP contribution is 2.34. The maximum absolute atomic E-state index is 7.56. The third kappa shape index (κ3) is 2.71. The fraction of sp³-hybridized carbons (Fsp3) is 0.0625. The number of hydrogen-bond acceptors (Lipinski definition) is 3. The molecular formula is C16H14N2S2. The fourth-order valence-corrected chi connectivity index (χ4v) is 4.06. The molecule has 100 valence electrons. The number of amidine groups is 1. The molecule has 3 N–H and O–H groups in total. The van der Waals surface area contributed by atoms with Crippen LogP contribution in [0.2, 0.25) is 0 Å². The maximum Gasteiger partial charge on any atom is 0.133 e. The van der Waals surface area contributed by atoms with E-state index in [1.54, 1.807) is 11.3 Å². The van der Waals surface area contributed by atoms with Gasteiger partial charge in [-0.25, -0.2) is 0 Å². The smallest absolute Gasteiger partial charge is 0.133 e. The van der Waals surface area contributed by atoms with Gasteiger partial charge in [0.25, 0.3) is 0 Å². The molecule has 2 aromatic carbocycles. The first kappa shape index (κ1) is 13.2. The van der Waals surface area contributed by atoms with Gasteiger partial charge in [-0.05, 0) is 23.8 Å². The first-order valence-corrected chi connectivity index (χ1v) is 8.08. The molecule has 0 atom stereocenters. The number of thioether (sulfide) groups is 1. The molecule has 0 aliphatic carbocycles. The Morgan fingerprint density at radius 1 is 1.10 bits per heavy atom. The van der Waals surface area contributed by atoms with Crippen LogP contribution in [0.15, 0.2) is 59.5 Å². The van der Waals surface area contributed by atoms with E-state index >= 15 is 0 Å². The summed E-state index contributed by atoms with van der Waals surface area (Å²) in [6, 6.07) is 18.7. The lowest BCUT2D eigenvalue weighted by Crippen LogP contribution is -2.08. The highest BCUT2D eigenvalue weighted by Gasteiger charge is 2.08. The van der Waals surface area contributed by atoms with Gasteiger partial charge in [-0.2, -0.15) is 0 Å². The van der Waals surface area contributed by atoms with Gasteiger partial charge >= 0.3 is 0 Å². The van der Waals surface area contributed by atoms with Crippen molar-refractivity contribution in [2.75, 3.05) is 0 Å². The quantitative estimate of drug-likeness (QED) is 0.424. The van der Waals surface area contributed by atoms with Crippen LogP contribution in [0.1, 0.15) is 10.4 Å². The van der Waals surface area contributed by atoms with Gasteiger partial charge in [0.2, 0.25) is 0 Å². The van der Waals surface area contributed by atoms with E-state index in [0.717, 1.165) is 10.6 Å². The minimum absolute atomic E-state index is 0.144. The van der Waals surface area contributed by atoms with Crippen LogP contribution < -0.4 is 5.73 Å². The SMILES string of the molecule is N=C(N)c1cc2c(SCc3ccccc3)cccc2s1. The summed E-state index contributed by atoms with van der Waals surface area (Å²) in [6.07, 6.45) is 0. The van der Waals surface area contributed by atoms with Crippen LogP contribution in [-0.2, 0) is 5.75 Å². The monoisotopic (exact) mass is 298 g/mol. The molecule has 0 aliphatic heterocycles. The van der Waals surface area contributed by atoms with E-state index in [1.807, 2.05) is 23.9 Å². The zero-order chi connectivity index (χ0) is 13.9. The van der Waals surface area contributed by atoms with Gasteiger partial charge in [-0.1, -0.05) is 36.4 Å². The summed E-state index contributed by atoms with van der Waals surface area (Å²) >= 11 is 3.40. The van der Waals surface area contributed by atoms with E-state index in [9.17, 15) is 0 Å². The van der Waals surface area contributed by atoms with Crippen LogP contribution in [0, 0.1) is 5.41 Å². The fourth-order valence-electron chi connectivity index (χ4n) is 2.03. The Morgan fingerprint density at radius 3 is 2.65 bits per heavy atom. The van der Waals surface area contributed by atoms with Crippen molar-refractivity contribution in [3.8, 4) is 0 Å². The van der Waals surface area contributed by atoms with Crippen molar-refractivity contribution in [3.63, 3.8) is 0 Å². The van der Waals surface area contributed by atoms with E-state index in [2.05, 4.69) is 42.5 Å². The van der Waals surface area contributed by atoms with Crippen molar-refractivity contribution in [1.82, 2.24) is 0 Å². The first-order chi connectivity index (χ1) is 9.74. The molecule has 0 unspecified atom stereocenters. The molecule has 0 saturated carbocycles. The molecular weight excluding hydrogens is 284 g/mol. The number of hydrogen-bond donors (Lipinski definition) is 2. The number of thiophene rings is 1. The predicted molar refractivity (Wildman–Crippen MR) is 88.8 cm³/mol. The second-order valence-corrected chi connectivity index (χ2v) is 6.57. The van der Waals surface area contributed by atoms with Crippen molar-refractivity contribution in [1.29, 1.82) is 5.41 Å². The van der Waals surface area contributed by atoms with Crippen molar-refractivity contribution in [2.45, 2.75) is 10.6 Å². The Hall–Kier alpha value is -1.78. The van der Waals surface area contributed by atoms with Crippen molar-refractivity contribution in [2.24, 2.45) is 5.73 Å². The standard InChI is InChI=1S/C16H14N2S2/c17-16(18)15-9-12-13(7-4-8-14(12)20-15)19-10-11-5-2-1-3-6-11/h1-9H,10H2,(H3,17,18). The number of benzene rings is 2. The average Bonchev–Trinajstić information content (AvgIpc) is 2.91. The van der Waals surface area contributed by atoms with Gasteiger partial charge in [-0.3, -0.25) is 5.41 Å². The lowest BCUT2D eigenvalue weighted by molar-refractivity contribution is 1.40. The molecule has 0 aliphatic rings. The highest BCUT2D eigenvalue weighted by molar-refractivity contribution is 7.98. The number of nitrogen functional groups attached to an aromatic ring is 1.